The van der Waals surface area contributed by atoms with Gasteiger partial charge in [0.1, 0.15) is 6.61 Å². The lowest BCUT2D eigenvalue weighted by atomic mass is 10.1. The van der Waals surface area contributed by atoms with Crippen LogP contribution in [0, 0.1) is 0 Å². The van der Waals surface area contributed by atoms with Gasteiger partial charge in [-0.15, -0.1) is 0 Å². The summed E-state index contributed by atoms with van der Waals surface area (Å²) in [6.07, 6.45) is 17.1. The van der Waals surface area contributed by atoms with Gasteiger partial charge in [0.2, 0.25) is 0 Å². The van der Waals surface area contributed by atoms with Gasteiger partial charge >= 0.3 is 5.97 Å². The van der Waals surface area contributed by atoms with E-state index >= 15 is 0 Å². The van der Waals surface area contributed by atoms with Crippen molar-refractivity contribution in [3.8, 4) is 0 Å². The molecular weight excluding hydrogens is 238 g/mol. The molecule has 0 saturated heterocycles. The molecule has 0 saturated carbocycles. The van der Waals surface area contributed by atoms with E-state index in [1.807, 2.05) is 12.2 Å². The highest BCUT2D eigenvalue weighted by atomic mass is 16.5. The molecule has 0 aromatic heterocycles. The lowest BCUT2D eigenvalue weighted by molar-refractivity contribution is -0.143. The fraction of sp³-hybridized carbons (Fsp3) is 0.562. The first kappa shape index (κ1) is 17.6. The molecule has 0 bridgehead atoms. The van der Waals surface area contributed by atoms with E-state index in [1.165, 1.54) is 19.3 Å². The molecule has 3 heteroatoms. The summed E-state index contributed by atoms with van der Waals surface area (Å²) in [5.74, 6) is -0.123. The molecule has 0 unspecified atom stereocenters. The van der Waals surface area contributed by atoms with E-state index < -0.39 is 0 Å². The maximum atomic E-state index is 11.2. The SMILES string of the molecule is C=C/C=C/C=C/CCCCCCCC(=O)OCCN. The largest absolute Gasteiger partial charge is 0.464 e. The number of carbonyl (C=O) groups excluding carboxylic acids is 1. The fourth-order valence-electron chi connectivity index (χ4n) is 1.62. The van der Waals surface area contributed by atoms with Gasteiger partial charge in [-0.25, -0.2) is 0 Å². The Bertz CT molecular complexity index is 282. The standard InChI is InChI=1S/C16H27NO2/c1-2-3-4-5-6-7-8-9-10-11-12-13-16(18)19-15-14-17/h2-6H,1,7-15,17H2/b4-3+,6-5+. The molecule has 0 spiro atoms. The molecule has 0 heterocycles. The lowest BCUT2D eigenvalue weighted by Crippen LogP contribution is -2.13. The summed E-state index contributed by atoms with van der Waals surface area (Å²) < 4.78 is 4.90. The Morgan fingerprint density at radius 3 is 2.53 bits per heavy atom. The van der Waals surface area contributed by atoms with Crippen LogP contribution in [0.15, 0.2) is 37.0 Å². The third-order valence-electron chi connectivity index (χ3n) is 2.63. The Balaban J connectivity index is 3.22. The van der Waals surface area contributed by atoms with E-state index in [4.69, 9.17) is 10.5 Å². The Morgan fingerprint density at radius 1 is 1.05 bits per heavy atom. The number of unbranched alkanes of at least 4 members (excludes halogenated alkanes) is 5. The Morgan fingerprint density at radius 2 is 1.79 bits per heavy atom. The summed E-state index contributed by atoms with van der Waals surface area (Å²) in [7, 11) is 0. The van der Waals surface area contributed by atoms with Crippen molar-refractivity contribution in [2.45, 2.75) is 44.9 Å². The predicted octanol–water partition coefficient (Wildman–Crippen LogP) is 3.52. The van der Waals surface area contributed by atoms with Crippen molar-refractivity contribution in [2.24, 2.45) is 5.73 Å². The number of nitrogens with two attached hydrogens (primary N) is 1. The van der Waals surface area contributed by atoms with Gasteiger partial charge in [-0.05, 0) is 19.3 Å². The maximum absolute atomic E-state index is 11.2. The molecule has 0 rings (SSSR count). The van der Waals surface area contributed by atoms with Gasteiger partial charge in [0.15, 0.2) is 0 Å². The smallest absolute Gasteiger partial charge is 0.305 e. The first-order valence-electron chi connectivity index (χ1n) is 7.11. The van der Waals surface area contributed by atoms with E-state index in [-0.39, 0.29) is 5.97 Å². The molecule has 0 atom stereocenters. The monoisotopic (exact) mass is 265 g/mol. The number of ether oxygens (including phenoxy) is 1. The summed E-state index contributed by atoms with van der Waals surface area (Å²) in [4.78, 5) is 11.2. The van der Waals surface area contributed by atoms with Gasteiger partial charge in [0.25, 0.3) is 0 Å². The van der Waals surface area contributed by atoms with Gasteiger partial charge in [-0.1, -0.05) is 56.2 Å². The molecule has 0 aliphatic carbocycles. The van der Waals surface area contributed by atoms with Crippen LogP contribution >= 0.6 is 0 Å². The zero-order valence-corrected chi connectivity index (χ0v) is 11.9. The van der Waals surface area contributed by atoms with Gasteiger partial charge in [0.05, 0.1) is 0 Å². The predicted molar refractivity (Wildman–Crippen MR) is 80.8 cm³/mol. The van der Waals surface area contributed by atoms with E-state index in [2.05, 4.69) is 18.7 Å². The lowest BCUT2D eigenvalue weighted by Gasteiger charge is -2.02. The molecule has 108 valence electrons. The second-order valence-corrected chi connectivity index (χ2v) is 4.36. The minimum atomic E-state index is -0.123. The molecule has 0 aromatic carbocycles. The summed E-state index contributed by atoms with van der Waals surface area (Å²) in [5.41, 5.74) is 5.25. The van der Waals surface area contributed by atoms with E-state index in [1.54, 1.807) is 6.08 Å². The summed E-state index contributed by atoms with van der Waals surface area (Å²) in [6, 6.07) is 0. The van der Waals surface area contributed by atoms with E-state index in [9.17, 15) is 4.79 Å². The molecule has 0 radical (unpaired) electrons. The van der Waals surface area contributed by atoms with Gasteiger partial charge in [-0.3, -0.25) is 4.79 Å². The summed E-state index contributed by atoms with van der Waals surface area (Å²) in [6.45, 7) is 4.35. The minimum absolute atomic E-state index is 0.123. The third kappa shape index (κ3) is 14.6. The van der Waals surface area contributed by atoms with Crippen LogP contribution in [0.4, 0.5) is 0 Å². The maximum Gasteiger partial charge on any atom is 0.305 e. The second kappa shape index (κ2) is 14.7. The van der Waals surface area contributed by atoms with Gasteiger partial charge in [0, 0.05) is 13.0 Å². The first-order chi connectivity index (χ1) is 9.31. The van der Waals surface area contributed by atoms with Crippen LogP contribution in [0.5, 0.6) is 0 Å². The number of allylic oxidation sites excluding steroid dienone is 5. The molecule has 0 fully saturated rings. The van der Waals surface area contributed by atoms with Crippen molar-refractivity contribution >= 4 is 5.97 Å². The zero-order valence-electron chi connectivity index (χ0n) is 11.9. The quantitative estimate of drug-likeness (QED) is 0.334. The van der Waals surface area contributed by atoms with Crippen molar-refractivity contribution < 1.29 is 9.53 Å². The van der Waals surface area contributed by atoms with Gasteiger partial charge < -0.3 is 10.5 Å². The van der Waals surface area contributed by atoms with E-state index in [0.29, 0.717) is 19.6 Å². The zero-order chi connectivity index (χ0) is 14.2. The minimum Gasteiger partial charge on any atom is -0.464 e. The van der Waals surface area contributed by atoms with Crippen LogP contribution in [0.1, 0.15) is 44.9 Å². The third-order valence-corrected chi connectivity index (χ3v) is 2.63. The topological polar surface area (TPSA) is 52.3 Å². The molecule has 0 aliphatic rings. The highest BCUT2D eigenvalue weighted by Crippen LogP contribution is 2.08. The average Bonchev–Trinajstić information content (AvgIpc) is 2.42. The molecule has 19 heavy (non-hydrogen) atoms. The normalized spacial score (nSPS) is 11.2. The molecule has 0 aliphatic heterocycles. The van der Waals surface area contributed by atoms with Crippen molar-refractivity contribution in [1.29, 1.82) is 0 Å². The van der Waals surface area contributed by atoms with Crippen LogP contribution in [0.2, 0.25) is 0 Å². The molecule has 0 amide bonds. The number of rotatable bonds is 12. The number of hydrogen-bond acceptors (Lipinski definition) is 3. The van der Waals surface area contributed by atoms with Crippen LogP contribution in [0.25, 0.3) is 0 Å². The molecule has 2 N–H and O–H groups in total. The van der Waals surface area contributed by atoms with Crippen molar-refractivity contribution in [3.63, 3.8) is 0 Å². The van der Waals surface area contributed by atoms with Crippen LogP contribution < -0.4 is 5.73 Å². The number of hydrogen-bond donors (Lipinski definition) is 1. The summed E-state index contributed by atoms with van der Waals surface area (Å²) in [5, 5.41) is 0. The van der Waals surface area contributed by atoms with Crippen molar-refractivity contribution in [3.05, 3.63) is 37.0 Å². The molecule has 3 nitrogen and oxygen atoms in total. The molecule has 0 aromatic rings. The van der Waals surface area contributed by atoms with E-state index in [0.717, 1.165) is 19.3 Å². The molecular formula is C16H27NO2. The number of carbonyl (C=O) groups is 1. The van der Waals surface area contributed by atoms with Crippen molar-refractivity contribution in [1.82, 2.24) is 0 Å². The highest BCUT2D eigenvalue weighted by Gasteiger charge is 2.00. The second-order valence-electron chi connectivity index (χ2n) is 4.36. The average molecular weight is 265 g/mol. The first-order valence-corrected chi connectivity index (χ1v) is 7.11. The Kier molecular flexibility index (Phi) is 13.7. The number of esters is 1. The fourth-order valence-corrected chi connectivity index (χ4v) is 1.62. The van der Waals surface area contributed by atoms with Crippen molar-refractivity contribution in [2.75, 3.05) is 13.2 Å². The Hall–Kier alpha value is -1.35. The Labute approximate surface area is 117 Å². The summed E-state index contributed by atoms with van der Waals surface area (Å²) >= 11 is 0. The van der Waals surface area contributed by atoms with Gasteiger partial charge in [-0.2, -0.15) is 0 Å². The van der Waals surface area contributed by atoms with Crippen LogP contribution in [-0.2, 0) is 9.53 Å². The van der Waals surface area contributed by atoms with Crippen LogP contribution in [0.3, 0.4) is 0 Å². The highest BCUT2D eigenvalue weighted by molar-refractivity contribution is 5.69. The van der Waals surface area contributed by atoms with Crippen LogP contribution in [-0.4, -0.2) is 19.1 Å².